The third-order valence-electron chi connectivity index (χ3n) is 10.6. The second-order valence-electron chi connectivity index (χ2n) is 12.0. The number of rotatable bonds is 6. The van der Waals surface area contributed by atoms with Crippen molar-refractivity contribution < 1.29 is 44.0 Å². The minimum atomic E-state index is -1.30. The summed E-state index contributed by atoms with van der Waals surface area (Å²) in [6.07, 6.45) is 5.56. The van der Waals surface area contributed by atoms with Crippen LogP contribution >= 0.6 is 0 Å². The lowest BCUT2D eigenvalue weighted by atomic mass is 9.41. The van der Waals surface area contributed by atoms with Gasteiger partial charge in [0.25, 0.3) is 0 Å². The van der Waals surface area contributed by atoms with Gasteiger partial charge in [0.2, 0.25) is 0 Å². The van der Waals surface area contributed by atoms with Crippen molar-refractivity contribution >= 4 is 24.2 Å². The SMILES string of the molecule is C[C@]12CC[C@H]3[C@@H](CC[C@]4(O)C[C@@H](O)CC[C@]34C=O)[C@@]1(OC(=O)CCC(=O)O)CC[C@@H]2C1=CC(=O)OC1. The molecule has 0 aromatic rings. The highest BCUT2D eigenvalue weighted by Gasteiger charge is 2.73. The van der Waals surface area contributed by atoms with Gasteiger partial charge in [0, 0.05) is 23.8 Å². The van der Waals surface area contributed by atoms with Gasteiger partial charge in [-0.25, -0.2) is 4.79 Å². The van der Waals surface area contributed by atoms with Crippen LogP contribution in [0, 0.1) is 28.6 Å². The largest absolute Gasteiger partial charge is 0.481 e. The topological polar surface area (TPSA) is 147 Å². The van der Waals surface area contributed by atoms with Gasteiger partial charge in [0.05, 0.1) is 30.0 Å². The van der Waals surface area contributed by atoms with Crippen molar-refractivity contribution in [3.8, 4) is 0 Å². The number of carbonyl (C=O) groups excluding carboxylic acids is 3. The Bertz CT molecular complexity index is 1010. The van der Waals surface area contributed by atoms with E-state index in [1.165, 1.54) is 0 Å². The van der Waals surface area contributed by atoms with E-state index in [1.807, 2.05) is 0 Å². The van der Waals surface area contributed by atoms with E-state index in [9.17, 15) is 29.4 Å². The molecule has 0 spiro atoms. The number of carboxylic acids is 1. The molecule has 3 N–H and O–H groups in total. The van der Waals surface area contributed by atoms with E-state index in [2.05, 4.69) is 6.92 Å². The second-order valence-corrected chi connectivity index (χ2v) is 12.0. The molecule has 0 bridgehead atoms. The third-order valence-corrected chi connectivity index (χ3v) is 10.6. The summed E-state index contributed by atoms with van der Waals surface area (Å²) in [6.45, 7) is 2.31. The minimum absolute atomic E-state index is 0.0432. The molecule has 5 rings (SSSR count). The van der Waals surface area contributed by atoms with Crippen LogP contribution < -0.4 is 0 Å². The molecule has 4 aliphatic carbocycles. The van der Waals surface area contributed by atoms with Gasteiger partial charge in [-0.1, -0.05) is 6.92 Å². The molecular weight excluding hydrogens is 468 g/mol. The monoisotopic (exact) mass is 504 g/mol. The zero-order valence-electron chi connectivity index (χ0n) is 20.7. The molecular formula is C27H36O9. The predicted octanol–water partition coefficient (Wildman–Crippen LogP) is 2.31. The average Bonchev–Trinajstić information content (AvgIpc) is 3.37. The predicted molar refractivity (Wildman–Crippen MR) is 124 cm³/mol. The number of cyclic esters (lactones) is 1. The van der Waals surface area contributed by atoms with Crippen LogP contribution in [-0.4, -0.2) is 63.4 Å². The quantitative estimate of drug-likeness (QED) is 0.366. The number of carboxylic acid groups (broad SMARTS) is 1. The Morgan fingerprint density at radius 1 is 1.11 bits per heavy atom. The highest BCUT2D eigenvalue weighted by atomic mass is 16.6. The van der Waals surface area contributed by atoms with Crippen molar-refractivity contribution in [3.05, 3.63) is 11.6 Å². The van der Waals surface area contributed by atoms with Crippen molar-refractivity contribution in [2.75, 3.05) is 6.61 Å². The summed E-state index contributed by atoms with van der Waals surface area (Å²) < 4.78 is 11.6. The van der Waals surface area contributed by atoms with Gasteiger partial charge in [0.1, 0.15) is 18.5 Å². The van der Waals surface area contributed by atoms with E-state index in [0.717, 1.165) is 11.9 Å². The number of fused-ring (bicyclic) bond motifs is 5. The highest BCUT2D eigenvalue weighted by Crippen LogP contribution is 2.71. The maximum Gasteiger partial charge on any atom is 0.331 e. The van der Waals surface area contributed by atoms with Crippen LogP contribution in [-0.2, 0) is 28.7 Å². The summed E-state index contributed by atoms with van der Waals surface area (Å²) in [5.74, 6) is -2.49. The molecule has 9 heteroatoms. The number of hydrogen-bond donors (Lipinski definition) is 3. The van der Waals surface area contributed by atoms with Gasteiger partial charge in [0.15, 0.2) is 0 Å². The zero-order valence-corrected chi connectivity index (χ0v) is 20.7. The van der Waals surface area contributed by atoms with Crippen molar-refractivity contribution in [2.45, 2.75) is 94.9 Å². The molecule has 9 nitrogen and oxygen atoms in total. The molecule has 5 aliphatic rings. The van der Waals surface area contributed by atoms with E-state index in [-0.39, 0.29) is 49.6 Å². The molecule has 4 fully saturated rings. The standard InChI is InChI=1S/C27H36O9/c1-24-8-5-19-20(6-10-26(34)13-17(29)4-9-25(19,26)15-28)27(24,36-22(32)3-2-21(30)31)11-7-18(24)16-12-23(33)35-14-16/h12,15,17-20,29,34H,2-11,13-14H2,1H3,(H,30,31)/t17-,18+,19-,20+,24+,25-,26-,27-/m0/s1. The molecule has 0 aromatic carbocycles. The van der Waals surface area contributed by atoms with Gasteiger partial charge in [-0.3, -0.25) is 9.59 Å². The van der Waals surface area contributed by atoms with E-state index < -0.39 is 40.1 Å². The number of aliphatic hydroxyl groups excluding tert-OH is 1. The number of hydrogen-bond acceptors (Lipinski definition) is 8. The molecule has 36 heavy (non-hydrogen) atoms. The number of aliphatic hydroxyl groups is 2. The summed E-state index contributed by atoms with van der Waals surface area (Å²) in [4.78, 5) is 48.9. The first kappa shape index (κ1) is 25.4. The molecule has 0 unspecified atom stereocenters. The molecule has 0 aromatic heterocycles. The fraction of sp³-hybridized carbons (Fsp3) is 0.778. The summed E-state index contributed by atoms with van der Waals surface area (Å²) in [7, 11) is 0. The summed E-state index contributed by atoms with van der Waals surface area (Å²) in [5.41, 5.74) is -2.91. The number of carbonyl (C=O) groups is 4. The Kier molecular flexibility index (Phi) is 6.10. The first-order valence-electron chi connectivity index (χ1n) is 13.2. The van der Waals surface area contributed by atoms with Crippen LogP contribution in [0.1, 0.15) is 77.6 Å². The van der Waals surface area contributed by atoms with Gasteiger partial charge in [-0.05, 0) is 68.8 Å². The summed E-state index contributed by atoms with van der Waals surface area (Å²) in [6, 6.07) is 0. The van der Waals surface area contributed by atoms with Crippen LogP contribution in [0.15, 0.2) is 11.6 Å². The van der Waals surface area contributed by atoms with Gasteiger partial charge in [-0.15, -0.1) is 0 Å². The van der Waals surface area contributed by atoms with Crippen LogP contribution in [0.3, 0.4) is 0 Å². The van der Waals surface area contributed by atoms with Crippen LogP contribution in [0.4, 0.5) is 0 Å². The van der Waals surface area contributed by atoms with Crippen molar-refractivity contribution in [1.29, 1.82) is 0 Å². The van der Waals surface area contributed by atoms with Crippen molar-refractivity contribution in [2.24, 2.45) is 28.6 Å². The van der Waals surface area contributed by atoms with Crippen LogP contribution in [0.2, 0.25) is 0 Å². The Morgan fingerprint density at radius 2 is 1.86 bits per heavy atom. The van der Waals surface area contributed by atoms with E-state index in [1.54, 1.807) is 6.08 Å². The number of ether oxygens (including phenoxy) is 2. The van der Waals surface area contributed by atoms with Crippen molar-refractivity contribution in [1.82, 2.24) is 0 Å². The fourth-order valence-electron chi connectivity index (χ4n) is 9.01. The van der Waals surface area contributed by atoms with E-state index in [4.69, 9.17) is 14.6 Å². The Balaban J connectivity index is 1.55. The summed E-state index contributed by atoms with van der Waals surface area (Å²) >= 11 is 0. The lowest BCUT2D eigenvalue weighted by Gasteiger charge is -2.65. The number of esters is 2. The molecule has 1 aliphatic heterocycles. The highest BCUT2D eigenvalue weighted by molar-refractivity contribution is 5.85. The first-order valence-corrected chi connectivity index (χ1v) is 13.2. The number of aliphatic carboxylic acids is 1. The molecule has 1 heterocycles. The number of aldehydes is 1. The van der Waals surface area contributed by atoms with Gasteiger partial charge in [-0.2, -0.15) is 0 Å². The first-order chi connectivity index (χ1) is 17.0. The van der Waals surface area contributed by atoms with E-state index in [0.29, 0.717) is 51.4 Å². The Labute approximate surface area is 210 Å². The Morgan fingerprint density at radius 3 is 2.53 bits per heavy atom. The van der Waals surface area contributed by atoms with Gasteiger partial charge < -0.3 is 29.6 Å². The second kappa shape index (κ2) is 8.65. The molecule has 4 saturated carbocycles. The lowest BCUT2D eigenvalue weighted by molar-refractivity contribution is -0.256. The lowest BCUT2D eigenvalue weighted by Crippen LogP contribution is -2.69. The molecule has 198 valence electrons. The summed E-state index contributed by atoms with van der Waals surface area (Å²) in [5, 5.41) is 31.1. The smallest absolute Gasteiger partial charge is 0.331 e. The Hall–Kier alpha value is -2.26. The molecule has 0 radical (unpaired) electrons. The van der Waals surface area contributed by atoms with Crippen molar-refractivity contribution in [3.63, 3.8) is 0 Å². The fourth-order valence-corrected chi connectivity index (χ4v) is 9.01. The molecule has 8 atom stereocenters. The molecule has 0 saturated heterocycles. The zero-order chi connectivity index (χ0) is 25.9. The van der Waals surface area contributed by atoms with Crippen LogP contribution in [0.5, 0.6) is 0 Å². The van der Waals surface area contributed by atoms with E-state index >= 15 is 0 Å². The maximum absolute atomic E-state index is 13.1. The third kappa shape index (κ3) is 3.49. The minimum Gasteiger partial charge on any atom is -0.481 e. The van der Waals surface area contributed by atoms with Crippen LogP contribution in [0.25, 0.3) is 0 Å². The maximum atomic E-state index is 13.1. The van der Waals surface area contributed by atoms with Gasteiger partial charge >= 0.3 is 17.9 Å². The average molecular weight is 505 g/mol. The normalized spacial score (nSPS) is 45.5. The molecule has 0 amide bonds.